The lowest BCUT2D eigenvalue weighted by atomic mass is 10.1. The molecule has 1 amide bonds. The van der Waals surface area contributed by atoms with Crippen molar-refractivity contribution >= 4 is 17.7 Å². The molecule has 0 bridgehead atoms. The summed E-state index contributed by atoms with van der Waals surface area (Å²) >= 11 is 2.02. The molecule has 6 heteroatoms. The molecule has 106 valence electrons. The predicted octanol–water partition coefficient (Wildman–Crippen LogP) is 1.60. The van der Waals surface area contributed by atoms with Gasteiger partial charge >= 0.3 is 5.91 Å². The lowest BCUT2D eigenvalue weighted by Crippen LogP contribution is -2.29. The number of nitrogens with two attached hydrogens (primary N) is 1. The van der Waals surface area contributed by atoms with E-state index in [0.717, 1.165) is 37.6 Å². The Morgan fingerprint density at radius 1 is 1.53 bits per heavy atom. The van der Waals surface area contributed by atoms with Gasteiger partial charge in [-0.15, -0.1) is 0 Å². The van der Waals surface area contributed by atoms with E-state index in [1.165, 1.54) is 0 Å². The molecule has 2 heterocycles. The van der Waals surface area contributed by atoms with Gasteiger partial charge in [0, 0.05) is 17.0 Å². The fourth-order valence-electron chi connectivity index (χ4n) is 2.10. The summed E-state index contributed by atoms with van der Waals surface area (Å²) in [6, 6.07) is 3.50. The molecule has 5 nitrogen and oxygen atoms in total. The molecule has 0 aliphatic carbocycles. The second-order valence-electron chi connectivity index (χ2n) is 5.37. The highest BCUT2D eigenvalue weighted by atomic mass is 32.2. The average Bonchev–Trinajstić information content (AvgIpc) is 2.76. The zero-order valence-corrected chi connectivity index (χ0v) is 12.3. The maximum atomic E-state index is 11.3. The largest absolute Gasteiger partial charge is 0.455 e. The van der Waals surface area contributed by atoms with Crippen LogP contribution in [0, 0.1) is 0 Å². The van der Waals surface area contributed by atoms with Gasteiger partial charge in [0.05, 0.1) is 6.54 Å². The van der Waals surface area contributed by atoms with Crippen molar-refractivity contribution in [3.8, 4) is 0 Å². The van der Waals surface area contributed by atoms with Crippen molar-refractivity contribution in [3.63, 3.8) is 0 Å². The van der Waals surface area contributed by atoms with E-state index >= 15 is 0 Å². The third-order valence-corrected chi connectivity index (χ3v) is 4.70. The van der Waals surface area contributed by atoms with Crippen LogP contribution in [0.3, 0.4) is 0 Å². The third-order valence-electron chi connectivity index (χ3n) is 3.33. The molecule has 0 spiro atoms. The molecule has 19 heavy (non-hydrogen) atoms. The summed E-state index contributed by atoms with van der Waals surface area (Å²) in [6.07, 6.45) is 1.16. The summed E-state index contributed by atoms with van der Waals surface area (Å²) in [5, 5.41) is 0. The fraction of sp³-hybridized carbons (Fsp3) is 0.615. The van der Waals surface area contributed by atoms with E-state index in [1.54, 1.807) is 6.07 Å². The quantitative estimate of drug-likeness (QED) is 0.501. The zero-order valence-electron chi connectivity index (χ0n) is 11.4. The van der Waals surface area contributed by atoms with Crippen LogP contribution in [-0.4, -0.2) is 34.4 Å². The Balaban J connectivity index is 1.94. The topological polar surface area (TPSA) is 71.5 Å². The van der Waals surface area contributed by atoms with Crippen LogP contribution in [0.2, 0.25) is 0 Å². The normalized spacial score (nSPS) is 19.9. The number of nitrogens with zero attached hydrogens (tertiary/aromatic N) is 1. The minimum absolute atomic E-state index is 0.266. The molecule has 1 aromatic heterocycles. The Hall–Kier alpha value is -0.980. The van der Waals surface area contributed by atoms with Gasteiger partial charge in [0.15, 0.2) is 5.76 Å². The van der Waals surface area contributed by atoms with Crippen LogP contribution in [0.1, 0.15) is 36.6 Å². The smallest absolute Gasteiger partial charge is 0.300 e. The van der Waals surface area contributed by atoms with Crippen LogP contribution >= 0.6 is 11.8 Å². The Kier molecular flexibility index (Phi) is 4.54. The number of hydrazine groups is 1. The van der Waals surface area contributed by atoms with Gasteiger partial charge in [-0.2, -0.15) is 11.8 Å². The first kappa shape index (κ1) is 14.4. The number of hydrogen-bond donors (Lipinski definition) is 2. The van der Waals surface area contributed by atoms with Crippen molar-refractivity contribution in [2.45, 2.75) is 31.6 Å². The number of rotatable bonds is 3. The molecule has 1 saturated heterocycles. The zero-order chi connectivity index (χ0) is 13.9. The van der Waals surface area contributed by atoms with Crippen molar-refractivity contribution in [2.24, 2.45) is 5.84 Å². The molecule has 0 atom stereocenters. The van der Waals surface area contributed by atoms with Crippen molar-refractivity contribution < 1.29 is 9.21 Å². The highest BCUT2D eigenvalue weighted by Gasteiger charge is 2.24. The number of hydrogen-bond acceptors (Lipinski definition) is 5. The Morgan fingerprint density at radius 3 is 3.05 bits per heavy atom. The van der Waals surface area contributed by atoms with E-state index in [9.17, 15) is 4.79 Å². The fourth-order valence-corrected chi connectivity index (χ4v) is 3.23. The standard InChI is InChI=1S/C13H21N3O2S/c1-13(2)5-6-16(7-8-19-13)9-10-3-4-11(18-10)12(17)15-14/h3-4H,5-9,14H2,1-2H3,(H,15,17). The minimum atomic E-state index is -0.390. The van der Waals surface area contributed by atoms with E-state index in [-0.39, 0.29) is 11.7 Å². The maximum absolute atomic E-state index is 11.3. The summed E-state index contributed by atoms with van der Waals surface area (Å²) in [5.74, 6) is 6.89. The molecule has 0 saturated carbocycles. The van der Waals surface area contributed by atoms with Crippen molar-refractivity contribution in [2.75, 3.05) is 18.8 Å². The molecule has 2 rings (SSSR count). The first-order valence-electron chi connectivity index (χ1n) is 6.46. The Morgan fingerprint density at radius 2 is 2.32 bits per heavy atom. The van der Waals surface area contributed by atoms with Gasteiger partial charge in [-0.3, -0.25) is 15.1 Å². The van der Waals surface area contributed by atoms with E-state index in [4.69, 9.17) is 10.3 Å². The number of furan rings is 1. The summed E-state index contributed by atoms with van der Waals surface area (Å²) in [6.45, 7) is 7.43. The van der Waals surface area contributed by atoms with Gasteiger partial charge in [0.1, 0.15) is 5.76 Å². The molecule has 0 unspecified atom stereocenters. The lowest BCUT2D eigenvalue weighted by molar-refractivity contribution is 0.0922. The third kappa shape index (κ3) is 3.99. The Labute approximate surface area is 117 Å². The molecule has 1 aliphatic rings. The van der Waals surface area contributed by atoms with Gasteiger partial charge in [0.25, 0.3) is 0 Å². The Bertz CT molecular complexity index is 445. The van der Waals surface area contributed by atoms with Crippen LogP contribution in [0.25, 0.3) is 0 Å². The second kappa shape index (κ2) is 5.98. The molecular weight excluding hydrogens is 262 g/mol. The van der Waals surface area contributed by atoms with E-state index in [0.29, 0.717) is 4.75 Å². The van der Waals surface area contributed by atoms with Crippen LogP contribution in [0.5, 0.6) is 0 Å². The molecule has 1 aromatic rings. The number of amides is 1. The SMILES string of the molecule is CC1(C)CCN(Cc2ccc(C(=O)NN)o2)CCS1. The predicted molar refractivity (Wildman–Crippen MR) is 76.8 cm³/mol. The van der Waals surface area contributed by atoms with Crippen molar-refractivity contribution in [3.05, 3.63) is 23.7 Å². The molecule has 0 aromatic carbocycles. The summed E-state index contributed by atoms with van der Waals surface area (Å²) in [7, 11) is 0. The van der Waals surface area contributed by atoms with Crippen LogP contribution in [-0.2, 0) is 6.54 Å². The van der Waals surface area contributed by atoms with Gasteiger partial charge < -0.3 is 4.42 Å². The summed E-state index contributed by atoms with van der Waals surface area (Å²) in [4.78, 5) is 13.7. The van der Waals surface area contributed by atoms with Gasteiger partial charge in [-0.05, 0) is 25.1 Å². The molecule has 0 radical (unpaired) electrons. The van der Waals surface area contributed by atoms with Gasteiger partial charge in [-0.25, -0.2) is 5.84 Å². The summed E-state index contributed by atoms with van der Waals surface area (Å²) in [5.41, 5.74) is 2.07. The average molecular weight is 283 g/mol. The highest BCUT2D eigenvalue weighted by Crippen LogP contribution is 2.31. The number of carbonyl (C=O) groups excluding carboxylic acids is 1. The van der Waals surface area contributed by atoms with E-state index in [2.05, 4.69) is 24.2 Å². The first-order valence-corrected chi connectivity index (χ1v) is 7.45. The molecule has 1 aliphatic heterocycles. The molecule has 3 N–H and O–H groups in total. The lowest BCUT2D eigenvalue weighted by Gasteiger charge is -2.22. The van der Waals surface area contributed by atoms with Crippen molar-refractivity contribution in [1.82, 2.24) is 10.3 Å². The van der Waals surface area contributed by atoms with Gasteiger partial charge in [-0.1, -0.05) is 13.8 Å². The highest BCUT2D eigenvalue weighted by molar-refractivity contribution is 8.00. The number of nitrogens with one attached hydrogen (secondary N) is 1. The van der Waals surface area contributed by atoms with Crippen LogP contribution in [0.15, 0.2) is 16.5 Å². The molecular formula is C13H21N3O2S. The van der Waals surface area contributed by atoms with Crippen LogP contribution in [0.4, 0.5) is 0 Å². The maximum Gasteiger partial charge on any atom is 0.300 e. The monoisotopic (exact) mass is 283 g/mol. The van der Waals surface area contributed by atoms with Gasteiger partial charge in [0.2, 0.25) is 0 Å². The second-order valence-corrected chi connectivity index (χ2v) is 7.18. The van der Waals surface area contributed by atoms with Crippen molar-refractivity contribution in [1.29, 1.82) is 0 Å². The van der Waals surface area contributed by atoms with E-state index in [1.807, 2.05) is 17.8 Å². The number of carbonyl (C=O) groups is 1. The van der Waals surface area contributed by atoms with Crippen LogP contribution < -0.4 is 11.3 Å². The van der Waals surface area contributed by atoms with E-state index < -0.39 is 0 Å². The summed E-state index contributed by atoms with van der Waals surface area (Å²) < 4.78 is 5.84. The minimum Gasteiger partial charge on any atom is -0.455 e. The first-order chi connectivity index (χ1) is 9.00. The number of thioether (sulfide) groups is 1. The number of nitrogen functional groups attached to an aromatic ring is 1. The molecule has 1 fully saturated rings.